The van der Waals surface area contributed by atoms with Crippen molar-refractivity contribution in [3.05, 3.63) is 102 Å². The van der Waals surface area contributed by atoms with Crippen LogP contribution in [0.2, 0.25) is 0 Å². The van der Waals surface area contributed by atoms with Gasteiger partial charge in [-0.05, 0) is 23.3 Å². The first-order chi connectivity index (χ1) is 11.4. The highest BCUT2D eigenvalue weighted by Gasteiger charge is 2.18. The second-order valence-electron chi connectivity index (χ2n) is 5.36. The molecule has 0 atom stereocenters. The van der Waals surface area contributed by atoms with Gasteiger partial charge in [-0.3, -0.25) is 4.98 Å². The van der Waals surface area contributed by atoms with Gasteiger partial charge in [-0.1, -0.05) is 65.8 Å². The monoisotopic (exact) mass is 302 g/mol. The zero-order chi connectivity index (χ0) is 15.9. The van der Waals surface area contributed by atoms with Gasteiger partial charge in [0.15, 0.2) is 0 Å². The van der Waals surface area contributed by atoms with Gasteiger partial charge in [0.25, 0.3) is 0 Å². The van der Waals surface area contributed by atoms with E-state index >= 15 is 0 Å². The molecule has 1 heterocycles. The average molecular weight is 302 g/mol. The lowest BCUT2D eigenvalue weighted by molar-refractivity contribution is 0.317. The van der Waals surface area contributed by atoms with E-state index < -0.39 is 0 Å². The SMILES string of the molecule is ON=C(CC(c1ccccc1)c1ccccc1)c1ccncc1. The van der Waals surface area contributed by atoms with E-state index in [1.807, 2.05) is 48.5 Å². The van der Waals surface area contributed by atoms with Crippen LogP contribution in [0, 0.1) is 0 Å². The smallest absolute Gasteiger partial charge is 0.0878 e. The predicted molar refractivity (Wildman–Crippen MR) is 91.9 cm³/mol. The zero-order valence-corrected chi connectivity index (χ0v) is 12.7. The van der Waals surface area contributed by atoms with E-state index in [4.69, 9.17) is 0 Å². The Morgan fingerprint density at radius 3 is 1.83 bits per heavy atom. The number of aromatic nitrogens is 1. The summed E-state index contributed by atoms with van der Waals surface area (Å²) >= 11 is 0. The van der Waals surface area contributed by atoms with E-state index in [-0.39, 0.29) is 5.92 Å². The van der Waals surface area contributed by atoms with E-state index in [0.717, 1.165) is 5.56 Å². The molecular formula is C20H18N2O. The first-order valence-corrected chi connectivity index (χ1v) is 7.59. The summed E-state index contributed by atoms with van der Waals surface area (Å²) in [5.41, 5.74) is 3.95. The lowest BCUT2D eigenvalue weighted by Gasteiger charge is -2.18. The predicted octanol–water partition coefficient (Wildman–Crippen LogP) is 4.48. The quantitative estimate of drug-likeness (QED) is 0.429. The molecule has 0 saturated heterocycles. The molecule has 3 heteroatoms. The molecule has 0 bridgehead atoms. The Labute approximate surface area is 136 Å². The first-order valence-electron chi connectivity index (χ1n) is 7.59. The molecule has 3 aromatic rings. The Morgan fingerprint density at radius 1 is 0.826 bits per heavy atom. The van der Waals surface area contributed by atoms with Gasteiger partial charge >= 0.3 is 0 Å². The molecule has 0 unspecified atom stereocenters. The topological polar surface area (TPSA) is 45.5 Å². The van der Waals surface area contributed by atoms with E-state index in [1.165, 1.54) is 11.1 Å². The number of nitrogens with zero attached hydrogens (tertiary/aromatic N) is 2. The van der Waals surface area contributed by atoms with E-state index in [2.05, 4.69) is 34.4 Å². The maximum absolute atomic E-state index is 9.49. The minimum Gasteiger partial charge on any atom is -0.411 e. The van der Waals surface area contributed by atoms with Crippen LogP contribution in [0.5, 0.6) is 0 Å². The highest BCUT2D eigenvalue weighted by atomic mass is 16.4. The number of pyridine rings is 1. The molecule has 1 N–H and O–H groups in total. The average Bonchev–Trinajstić information content (AvgIpc) is 2.65. The van der Waals surface area contributed by atoms with Crippen molar-refractivity contribution in [1.29, 1.82) is 0 Å². The van der Waals surface area contributed by atoms with Gasteiger partial charge in [-0.15, -0.1) is 0 Å². The summed E-state index contributed by atoms with van der Waals surface area (Å²) in [6, 6.07) is 24.3. The van der Waals surface area contributed by atoms with Crippen molar-refractivity contribution >= 4 is 5.71 Å². The molecule has 0 radical (unpaired) electrons. The van der Waals surface area contributed by atoms with Gasteiger partial charge in [0.2, 0.25) is 0 Å². The second-order valence-corrected chi connectivity index (χ2v) is 5.36. The Balaban J connectivity index is 1.96. The Hall–Kier alpha value is -2.94. The number of rotatable bonds is 5. The fourth-order valence-corrected chi connectivity index (χ4v) is 2.75. The molecule has 0 aliphatic carbocycles. The lowest BCUT2D eigenvalue weighted by Crippen LogP contribution is -2.10. The lowest BCUT2D eigenvalue weighted by atomic mass is 9.85. The fraction of sp³-hybridized carbons (Fsp3) is 0.100. The van der Waals surface area contributed by atoms with Crippen LogP contribution in [0.4, 0.5) is 0 Å². The molecule has 0 saturated carbocycles. The van der Waals surface area contributed by atoms with Gasteiger partial charge < -0.3 is 5.21 Å². The maximum atomic E-state index is 9.49. The van der Waals surface area contributed by atoms with E-state index in [1.54, 1.807) is 12.4 Å². The molecule has 0 aliphatic heterocycles. The largest absolute Gasteiger partial charge is 0.411 e. The van der Waals surface area contributed by atoms with Crippen LogP contribution < -0.4 is 0 Å². The van der Waals surface area contributed by atoms with Crippen molar-refractivity contribution in [3.8, 4) is 0 Å². The molecule has 2 aromatic carbocycles. The summed E-state index contributed by atoms with van der Waals surface area (Å²) in [6.07, 6.45) is 4.04. The standard InChI is InChI=1S/C20H18N2O/c23-22-20(18-11-13-21-14-12-18)15-19(16-7-3-1-4-8-16)17-9-5-2-6-10-17/h1-14,19,23H,15H2. The molecular weight excluding hydrogens is 284 g/mol. The van der Waals surface area contributed by atoms with Crippen LogP contribution in [0.3, 0.4) is 0 Å². The molecule has 0 aliphatic rings. The fourth-order valence-electron chi connectivity index (χ4n) is 2.75. The van der Waals surface area contributed by atoms with Crippen LogP contribution >= 0.6 is 0 Å². The minimum atomic E-state index is 0.136. The third-order valence-electron chi connectivity index (χ3n) is 3.94. The van der Waals surface area contributed by atoms with Crippen LogP contribution in [-0.4, -0.2) is 15.9 Å². The molecule has 0 spiro atoms. The van der Waals surface area contributed by atoms with Crippen molar-refractivity contribution in [3.63, 3.8) is 0 Å². The van der Waals surface area contributed by atoms with E-state index in [0.29, 0.717) is 12.1 Å². The van der Waals surface area contributed by atoms with Crippen LogP contribution in [-0.2, 0) is 0 Å². The Morgan fingerprint density at radius 2 is 1.35 bits per heavy atom. The molecule has 0 amide bonds. The third-order valence-corrected chi connectivity index (χ3v) is 3.94. The summed E-state index contributed by atoms with van der Waals surface area (Å²) < 4.78 is 0. The van der Waals surface area contributed by atoms with Gasteiger partial charge in [-0.2, -0.15) is 0 Å². The maximum Gasteiger partial charge on any atom is 0.0878 e. The first kappa shape index (κ1) is 15.0. The highest BCUT2D eigenvalue weighted by Crippen LogP contribution is 2.29. The highest BCUT2D eigenvalue weighted by molar-refractivity contribution is 6.00. The number of hydrogen-bond acceptors (Lipinski definition) is 3. The summed E-state index contributed by atoms with van der Waals surface area (Å²) in [7, 11) is 0. The van der Waals surface area contributed by atoms with Gasteiger partial charge in [0.05, 0.1) is 5.71 Å². The summed E-state index contributed by atoms with van der Waals surface area (Å²) in [6.45, 7) is 0. The van der Waals surface area contributed by atoms with Crippen molar-refractivity contribution in [2.24, 2.45) is 5.16 Å². The normalized spacial score (nSPS) is 11.6. The Kier molecular flexibility index (Phi) is 4.79. The number of hydrogen-bond donors (Lipinski definition) is 1. The molecule has 3 nitrogen and oxygen atoms in total. The minimum absolute atomic E-state index is 0.136. The van der Waals surface area contributed by atoms with Crippen molar-refractivity contribution < 1.29 is 5.21 Å². The van der Waals surface area contributed by atoms with Crippen molar-refractivity contribution in [1.82, 2.24) is 4.98 Å². The van der Waals surface area contributed by atoms with Crippen molar-refractivity contribution in [2.45, 2.75) is 12.3 Å². The summed E-state index contributed by atoms with van der Waals surface area (Å²) in [4.78, 5) is 4.02. The molecule has 0 fully saturated rings. The summed E-state index contributed by atoms with van der Waals surface area (Å²) in [5, 5.41) is 13.0. The molecule has 114 valence electrons. The van der Waals surface area contributed by atoms with Gasteiger partial charge in [-0.25, -0.2) is 0 Å². The molecule has 23 heavy (non-hydrogen) atoms. The van der Waals surface area contributed by atoms with Gasteiger partial charge in [0, 0.05) is 30.3 Å². The summed E-state index contributed by atoms with van der Waals surface area (Å²) in [5.74, 6) is 0.136. The van der Waals surface area contributed by atoms with Crippen LogP contribution in [0.25, 0.3) is 0 Å². The van der Waals surface area contributed by atoms with E-state index in [9.17, 15) is 5.21 Å². The second kappa shape index (κ2) is 7.36. The van der Waals surface area contributed by atoms with Gasteiger partial charge in [0.1, 0.15) is 0 Å². The molecule has 1 aromatic heterocycles. The molecule has 3 rings (SSSR count). The van der Waals surface area contributed by atoms with Crippen LogP contribution in [0.15, 0.2) is 90.3 Å². The third kappa shape index (κ3) is 3.64. The number of oxime groups is 1. The Bertz CT molecular complexity index is 716. The zero-order valence-electron chi connectivity index (χ0n) is 12.7. The van der Waals surface area contributed by atoms with Crippen molar-refractivity contribution in [2.75, 3.05) is 0 Å². The number of benzene rings is 2. The van der Waals surface area contributed by atoms with Crippen LogP contribution in [0.1, 0.15) is 29.0 Å².